The summed E-state index contributed by atoms with van der Waals surface area (Å²) in [5.41, 5.74) is 7.16. The molecular weight excluding hydrogens is 435 g/mol. The summed E-state index contributed by atoms with van der Waals surface area (Å²) in [7, 11) is 1.90. The van der Waals surface area contributed by atoms with Gasteiger partial charge in [0.05, 0.1) is 52.2 Å². The molecule has 0 saturated heterocycles. The number of rotatable bonds is 3. The monoisotopic (exact) mass is 454 g/mol. The van der Waals surface area contributed by atoms with Gasteiger partial charge in [-0.25, -0.2) is 4.39 Å². The number of fused-ring (bicyclic) bond motifs is 3. The molecule has 3 aromatic carbocycles. The van der Waals surface area contributed by atoms with E-state index in [0.29, 0.717) is 11.2 Å². The maximum absolute atomic E-state index is 13.9. The second kappa shape index (κ2) is 8.20. The number of halogens is 1. The van der Waals surface area contributed by atoms with Crippen LogP contribution in [-0.2, 0) is 7.05 Å². The molecule has 8 heteroatoms. The Kier molecular flexibility index (Phi) is 5.21. The first kappa shape index (κ1) is 20.9. The van der Waals surface area contributed by atoms with Gasteiger partial charge in [-0.2, -0.15) is 9.66 Å². The molecule has 162 valence electrons. The molecule has 33 heavy (non-hydrogen) atoms. The van der Waals surface area contributed by atoms with Crippen molar-refractivity contribution < 1.29 is 4.39 Å². The van der Waals surface area contributed by atoms with Crippen LogP contribution in [0.25, 0.3) is 38.8 Å². The van der Waals surface area contributed by atoms with Gasteiger partial charge in [0.25, 0.3) is 0 Å². The van der Waals surface area contributed by atoms with Crippen LogP contribution in [-0.4, -0.2) is 14.1 Å². The van der Waals surface area contributed by atoms with E-state index < -0.39 is 0 Å². The number of pyridine rings is 1. The quantitative estimate of drug-likeness (QED) is 0.392. The highest BCUT2D eigenvalue weighted by molar-refractivity contribution is 7.95. The molecule has 5 rings (SSSR count). The van der Waals surface area contributed by atoms with Gasteiger partial charge in [0.15, 0.2) is 0 Å². The van der Waals surface area contributed by atoms with E-state index in [1.807, 2.05) is 59.5 Å². The Hall–Kier alpha value is -3.93. The van der Waals surface area contributed by atoms with E-state index in [2.05, 4.69) is 15.5 Å². The third-order valence-electron chi connectivity index (χ3n) is 5.78. The van der Waals surface area contributed by atoms with Crippen molar-refractivity contribution in [3.63, 3.8) is 0 Å². The standard InChI is InChI=1S/C25H19FN6S/c1-15-6-7-16(13-27)10-22(15)32-24-20-12-18(17-4-3-5-19(26)11-17)8-9-21(20)29-14-23(24)31(2)25(32)30-33-28/h3-12,14H,28H2,1-2H3/b30-25+. The fourth-order valence-electron chi connectivity index (χ4n) is 4.15. The molecule has 0 aliphatic rings. The molecule has 5 aromatic rings. The lowest BCUT2D eigenvalue weighted by Crippen LogP contribution is -2.23. The second-order valence-electron chi connectivity index (χ2n) is 7.74. The van der Waals surface area contributed by atoms with Crippen LogP contribution < -0.4 is 10.8 Å². The molecule has 0 spiro atoms. The zero-order valence-electron chi connectivity index (χ0n) is 18.0. The Morgan fingerprint density at radius 1 is 1.09 bits per heavy atom. The zero-order chi connectivity index (χ0) is 23.1. The Morgan fingerprint density at radius 3 is 2.67 bits per heavy atom. The van der Waals surface area contributed by atoms with Crippen LogP contribution >= 0.6 is 12.1 Å². The number of hydrogen-bond acceptors (Lipinski definition) is 5. The Labute approximate surface area is 193 Å². The average molecular weight is 455 g/mol. The van der Waals surface area contributed by atoms with E-state index in [-0.39, 0.29) is 5.82 Å². The number of aryl methyl sites for hydroxylation is 2. The van der Waals surface area contributed by atoms with Gasteiger partial charge in [0.1, 0.15) is 5.82 Å². The van der Waals surface area contributed by atoms with E-state index in [4.69, 9.17) is 5.14 Å². The first-order valence-electron chi connectivity index (χ1n) is 10.2. The lowest BCUT2D eigenvalue weighted by atomic mass is 10.0. The summed E-state index contributed by atoms with van der Waals surface area (Å²) < 4.78 is 22.3. The summed E-state index contributed by atoms with van der Waals surface area (Å²) in [5.74, 6) is -0.288. The zero-order valence-corrected chi connectivity index (χ0v) is 18.8. The predicted octanol–water partition coefficient (Wildman–Crippen LogP) is 4.93. The molecule has 0 aliphatic carbocycles. The molecule has 0 radical (unpaired) electrons. The molecule has 0 bridgehead atoms. The summed E-state index contributed by atoms with van der Waals surface area (Å²) in [5, 5.41) is 16.1. The Balaban J connectivity index is 1.95. The average Bonchev–Trinajstić information content (AvgIpc) is 3.11. The van der Waals surface area contributed by atoms with Crippen LogP contribution in [0.15, 0.2) is 71.3 Å². The number of nitrogens with zero attached hydrogens (tertiary/aromatic N) is 5. The number of imidazole rings is 1. The molecule has 0 saturated carbocycles. The highest BCUT2D eigenvalue weighted by Gasteiger charge is 2.17. The summed E-state index contributed by atoms with van der Waals surface area (Å²) in [4.78, 5) is 4.65. The summed E-state index contributed by atoms with van der Waals surface area (Å²) >= 11 is 0.872. The van der Waals surface area contributed by atoms with Crippen molar-refractivity contribution in [2.75, 3.05) is 0 Å². The van der Waals surface area contributed by atoms with Gasteiger partial charge in [0, 0.05) is 12.4 Å². The lowest BCUT2D eigenvalue weighted by Gasteiger charge is -2.11. The first-order valence-corrected chi connectivity index (χ1v) is 11.0. The van der Waals surface area contributed by atoms with Crippen molar-refractivity contribution in [2.24, 2.45) is 16.6 Å². The normalized spacial score (nSPS) is 11.9. The number of nitrogens with two attached hydrogens (primary N) is 1. The van der Waals surface area contributed by atoms with Gasteiger partial charge in [0.2, 0.25) is 5.62 Å². The Bertz CT molecular complexity index is 1660. The predicted molar refractivity (Wildman–Crippen MR) is 130 cm³/mol. The maximum Gasteiger partial charge on any atom is 0.223 e. The van der Waals surface area contributed by atoms with Crippen molar-refractivity contribution >= 4 is 34.1 Å². The topological polar surface area (TPSA) is 84.9 Å². The van der Waals surface area contributed by atoms with Crippen molar-refractivity contribution in [1.29, 1.82) is 5.26 Å². The van der Waals surface area contributed by atoms with Gasteiger partial charge < -0.3 is 4.57 Å². The molecule has 2 aromatic heterocycles. The minimum atomic E-state index is -0.288. The van der Waals surface area contributed by atoms with Crippen LogP contribution in [0.2, 0.25) is 0 Å². The number of hydrogen-bond donors (Lipinski definition) is 1. The summed E-state index contributed by atoms with van der Waals surface area (Å²) in [6.07, 6.45) is 1.81. The van der Waals surface area contributed by atoms with E-state index in [1.165, 1.54) is 12.1 Å². The van der Waals surface area contributed by atoms with Gasteiger partial charge >= 0.3 is 0 Å². The van der Waals surface area contributed by atoms with E-state index in [1.54, 1.807) is 18.3 Å². The number of aromatic nitrogens is 3. The maximum atomic E-state index is 13.9. The largest absolute Gasteiger partial charge is 0.311 e. The van der Waals surface area contributed by atoms with Crippen molar-refractivity contribution in [3.8, 4) is 22.9 Å². The Morgan fingerprint density at radius 2 is 1.91 bits per heavy atom. The molecule has 2 N–H and O–H groups in total. The van der Waals surface area contributed by atoms with Crippen LogP contribution in [0.1, 0.15) is 11.1 Å². The minimum Gasteiger partial charge on any atom is -0.311 e. The molecule has 0 fully saturated rings. The highest BCUT2D eigenvalue weighted by Crippen LogP contribution is 2.31. The third-order valence-corrected chi connectivity index (χ3v) is 6.05. The van der Waals surface area contributed by atoms with Crippen LogP contribution in [0.4, 0.5) is 4.39 Å². The van der Waals surface area contributed by atoms with Crippen LogP contribution in [0.3, 0.4) is 0 Å². The SMILES string of the molecule is Cc1ccc(C#N)cc1-n1/c(=N/SN)n(C)c2cnc3ccc(-c4cccc(F)c4)cc3c21. The van der Waals surface area contributed by atoms with Crippen molar-refractivity contribution in [3.05, 3.63) is 89.4 Å². The molecule has 0 atom stereocenters. The van der Waals surface area contributed by atoms with Gasteiger partial charge in [-0.15, -0.1) is 0 Å². The second-order valence-corrected chi connectivity index (χ2v) is 8.13. The third kappa shape index (κ3) is 3.48. The van der Waals surface area contributed by atoms with Gasteiger partial charge in [-0.05, 0) is 60.0 Å². The van der Waals surface area contributed by atoms with Crippen LogP contribution in [0, 0.1) is 24.1 Å². The summed E-state index contributed by atoms with van der Waals surface area (Å²) in [6.45, 7) is 1.99. The minimum absolute atomic E-state index is 0.288. The first-order chi connectivity index (χ1) is 16.0. The molecule has 0 unspecified atom stereocenters. The van der Waals surface area contributed by atoms with Gasteiger partial charge in [-0.1, -0.05) is 24.3 Å². The molecule has 0 aliphatic heterocycles. The molecule has 0 amide bonds. The lowest BCUT2D eigenvalue weighted by molar-refractivity contribution is 0.628. The fourth-order valence-corrected chi connectivity index (χ4v) is 4.45. The highest BCUT2D eigenvalue weighted by atomic mass is 32.2. The number of benzene rings is 3. The van der Waals surface area contributed by atoms with E-state index >= 15 is 0 Å². The van der Waals surface area contributed by atoms with E-state index in [9.17, 15) is 9.65 Å². The van der Waals surface area contributed by atoms with Crippen LogP contribution in [0.5, 0.6) is 0 Å². The molecular formula is C25H19FN6S. The van der Waals surface area contributed by atoms with Crippen molar-refractivity contribution in [1.82, 2.24) is 14.1 Å². The molecule has 6 nitrogen and oxygen atoms in total. The molecule has 2 heterocycles. The smallest absolute Gasteiger partial charge is 0.223 e. The fraction of sp³-hybridized carbons (Fsp3) is 0.0800. The van der Waals surface area contributed by atoms with E-state index in [0.717, 1.165) is 56.4 Å². The van der Waals surface area contributed by atoms with Crippen molar-refractivity contribution in [2.45, 2.75) is 6.92 Å². The van der Waals surface area contributed by atoms with Gasteiger partial charge in [-0.3, -0.25) is 14.7 Å². The summed E-state index contributed by atoms with van der Waals surface area (Å²) in [6, 6.07) is 20.2. The number of nitriles is 1.